The molecule has 0 amide bonds. The molecule has 0 fully saturated rings. The Morgan fingerprint density at radius 3 is 2.90 bits per heavy atom. The first-order valence-electron chi connectivity index (χ1n) is 6.26. The smallest absolute Gasteiger partial charge is 0.316 e. The standard InChI is InChI=1S/C13H15ClN4O2S/c1-8(2)20-11(19)7-21-13-17-16-12(18(13)15)9-4-3-5-10(14)6-9/h3-6,8H,7,15H2,1-2H3. The van der Waals surface area contributed by atoms with Crippen molar-refractivity contribution in [3.05, 3.63) is 29.3 Å². The zero-order valence-corrected chi connectivity index (χ0v) is 13.2. The molecular weight excluding hydrogens is 312 g/mol. The van der Waals surface area contributed by atoms with E-state index in [0.717, 1.165) is 5.56 Å². The number of esters is 1. The highest BCUT2D eigenvalue weighted by Gasteiger charge is 2.14. The molecule has 0 aliphatic heterocycles. The van der Waals surface area contributed by atoms with E-state index < -0.39 is 0 Å². The van der Waals surface area contributed by atoms with Crippen molar-refractivity contribution >= 4 is 29.3 Å². The van der Waals surface area contributed by atoms with Gasteiger partial charge >= 0.3 is 5.97 Å². The molecule has 0 saturated carbocycles. The lowest BCUT2D eigenvalue weighted by Crippen LogP contribution is -2.15. The molecule has 2 aromatic rings. The maximum atomic E-state index is 11.5. The van der Waals surface area contributed by atoms with Gasteiger partial charge < -0.3 is 10.6 Å². The number of nitrogen functional groups attached to an aromatic ring is 1. The van der Waals surface area contributed by atoms with Crippen LogP contribution in [0.15, 0.2) is 29.4 Å². The van der Waals surface area contributed by atoms with E-state index in [-0.39, 0.29) is 17.8 Å². The molecule has 0 saturated heterocycles. The first-order valence-corrected chi connectivity index (χ1v) is 7.62. The Morgan fingerprint density at radius 1 is 1.48 bits per heavy atom. The average molecular weight is 327 g/mol. The molecule has 0 aliphatic carbocycles. The molecule has 2 rings (SSSR count). The summed E-state index contributed by atoms with van der Waals surface area (Å²) in [4.78, 5) is 11.5. The van der Waals surface area contributed by atoms with Gasteiger partial charge in [0.2, 0.25) is 5.16 Å². The van der Waals surface area contributed by atoms with E-state index >= 15 is 0 Å². The summed E-state index contributed by atoms with van der Waals surface area (Å²) in [5.41, 5.74) is 0.758. The van der Waals surface area contributed by atoms with E-state index in [1.54, 1.807) is 32.0 Å². The minimum absolute atomic E-state index is 0.128. The maximum absolute atomic E-state index is 11.5. The van der Waals surface area contributed by atoms with Crippen LogP contribution < -0.4 is 5.84 Å². The van der Waals surface area contributed by atoms with Gasteiger partial charge in [-0.3, -0.25) is 4.79 Å². The Labute approximate surface area is 131 Å². The van der Waals surface area contributed by atoms with Gasteiger partial charge in [0.15, 0.2) is 5.82 Å². The van der Waals surface area contributed by atoms with Crippen LogP contribution in [0.2, 0.25) is 5.02 Å². The summed E-state index contributed by atoms with van der Waals surface area (Å²) in [5, 5.41) is 9.02. The van der Waals surface area contributed by atoms with Crippen LogP contribution in [0.3, 0.4) is 0 Å². The van der Waals surface area contributed by atoms with Crippen LogP contribution in [0.5, 0.6) is 0 Å². The molecule has 8 heteroatoms. The Kier molecular flexibility index (Phi) is 5.08. The molecule has 1 heterocycles. The predicted molar refractivity (Wildman–Crippen MR) is 82.6 cm³/mol. The van der Waals surface area contributed by atoms with Gasteiger partial charge in [0.25, 0.3) is 0 Å². The van der Waals surface area contributed by atoms with Crippen molar-refractivity contribution < 1.29 is 9.53 Å². The number of ether oxygens (including phenoxy) is 1. The number of hydrogen-bond donors (Lipinski definition) is 1. The molecule has 1 aromatic heterocycles. The normalized spacial score (nSPS) is 10.9. The molecule has 0 aliphatic rings. The summed E-state index contributed by atoms with van der Waals surface area (Å²) < 4.78 is 6.38. The van der Waals surface area contributed by atoms with Crippen LogP contribution in [0, 0.1) is 0 Å². The van der Waals surface area contributed by atoms with Gasteiger partial charge in [-0.25, -0.2) is 4.68 Å². The fraction of sp³-hybridized carbons (Fsp3) is 0.308. The first kappa shape index (κ1) is 15.7. The third-order valence-corrected chi connectivity index (χ3v) is 3.59. The Bertz CT molecular complexity index is 645. The number of carbonyl (C=O) groups excluding carboxylic acids is 1. The summed E-state index contributed by atoms with van der Waals surface area (Å²) in [6.45, 7) is 3.59. The summed E-state index contributed by atoms with van der Waals surface area (Å²) >= 11 is 7.11. The average Bonchev–Trinajstić information content (AvgIpc) is 2.77. The van der Waals surface area contributed by atoms with Crippen molar-refractivity contribution in [3.8, 4) is 11.4 Å². The topological polar surface area (TPSA) is 83.0 Å². The van der Waals surface area contributed by atoms with Crippen molar-refractivity contribution in [2.75, 3.05) is 11.6 Å². The number of nitrogens with zero attached hydrogens (tertiary/aromatic N) is 3. The van der Waals surface area contributed by atoms with Gasteiger partial charge in [0.1, 0.15) is 0 Å². The fourth-order valence-corrected chi connectivity index (χ4v) is 2.45. The maximum Gasteiger partial charge on any atom is 0.316 e. The molecule has 0 spiro atoms. The molecule has 1 aromatic carbocycles. The van der Waals surface area contributed by atoms with E-state index in [4.69, 9.17) is 22.2 Å². The molecule has 0 atom stereocenters. The fourth-order valence-electron chi connectivity index (χ4n) is 1.62. The lowest BCUT2D eigenvalue weighted by Gasteiger charge is -2.07. The minimum atomic E-state index is -0.317. The summed E-state index contributed by atoms with van der Waals surface area (Å²) in [6, 6.07) is 7.15. The number of thioether (sulfide) groups is 1. The number of hydrogen-bond acceptors (Lipinski definition) is 6. The van der Waals surface area contributed by atoms with E-state index in [1.165, 1.54) is 16.4 Å². The Hall–Kier alpha value is -1.73. The van der Waals surface area contributed by atoms with Gasteiger partial charge in [-0.05, 0) is 26.0 Å². The van der Waals surface area contributed by atoms with Crippen LogP contribution >= 0.6 is 23.4 Å². The highest BCUT2D eigenvalue weighted by Crippen LogP contribution is 2.23. The number of carbonyl (C=O) groups is 1. The summed E-state index contributed by atoms with van der Waals surface area (Å²) in [6.07, 6.45) is -0.143. The van der Waals surface area contributed by atoms with Crippen LogP contribution in [0.25, 0.3) is 11.4 Å². The van der Waals surface area contributed by atoms with Crippen molar-refractivity contribution in [1.29, 1.82) is 0 Å². The van der Waals surface area contributed by atoms with Gasteiger partial charge in [-0.1, -0.05) is 35.5 Å². The zero-order chi connectivity index (χ0) is 15.4. The lowest BCUT2D eigenvalue weighted by molar-refractivity contribution is -0.144. The van der Waals surface area contributed by atoms with Crippen molar-refractivity contribution in [2.45, 2.75) is 25.1 Å². The number of aromatic nitrogens is 3. The third kappa shape index (κ3) is 4.12. The Morgan fingerprint density at radius 2 is 2.24 bits per heavy atom. The molecule has 0 radical (unpaired) electrons. The zero-order valence-electron chi connectivity index (χ0n) is 11.6. The minimum Gasteiger partial charge on any atom is -0.462 e. The monoisotopic (exact) mass is 326 g/mol. The van der Waals surface area contributed by atoms with E-state index in [0.29, 0.717) is 16.0 Å². The highest BCUT2D eigenvalue weighted by atomic mass is 35.5. The second-order valence-corrected chi connectivity index (χ2v) is 5.89. The number of halogens is 1. The van der Waals surface area contributed by atoms with Crippen molar-refractivity contribution in [2.24, 2.45) is 0 Å². The largest absolute Gasteiger partial charge is 0.462 e. The van der Waals surface area contributed by atoms with Crippen LogP contribution in [-0.2, 0) is 9.53 Å². The Balaban J connectivity index is 2.09. The molecule has 21 heavy (non-hydrogen) atoms. The van der Waals surface area contributed by atoms with Gasteiger partial charge in [-0.15, -0.1) is 10.2 Å². The predicted octanol–water partition coefficient (Wildman–Crippen LogP) is 2.36. The third-order valence-electron chi connectivity index (χ3n) is 2.43. The molecule has 0 bridgehead atoms. The molecule has 112 valence electrons. The van der Waals surface area contributed by atoms with E-state index in [1.807, 2.05) is 6.07 Å². The summed E-state index contributed by atoms with van der Waals surface area (Å²) in [5.74, 6) is 6.24. The summed E-state index contributed by atoms with van der Waals surface area (Å²) in [7, 11) is 0. The van der Waals surface area contributed by atoms with Crippen LogP contribution in [0.4, 0.5) is 0 Å². The number of nitrogens with two attached hydrogens (primary N) is 1. The number of rotatable bonds is 5. The van der Waals surface area contributed by atoms with E-state index in [2.05, 4.69) is 10.2 Å². The van der Waals surface area contributed by atoms with Crippen LogP contribution in [-0.4, -0.2) is 32.7 Å². The molecule has 2 N–H and O–H groups in total. The molecule has 0 unspecified atom stereocenters. The molecular formula is C13H15ClN4O2S. The first-order chi connectivity index (χ1) is 9.97. The lowest BCUT2D eigenvalue weighted by atomic mass is 10.2. The van der Waals surface area contributed by atoms with Crippen molar-refractivity contribution in [3.63, 3.8) is 0 Å². The van der Waals surface area contributed by atoms with Gasteiger partial charge in [0.05, 0.1) is 11.9 Å². The van der Waals surface area contributed by atoms with E-state index in [9.17, 15) is 4.79 Å². The SMILES string of the molecule is CC(C)OC(=O)CSc1nnc(-c2cccc(Cl)c2)n1N. The van der Waals surface area contributed by atoms with Crippen LogP contribution in [0.1, 0.15) is 13.8 Å². The van der Waals surface area contributed by atoms with Gasteiger partial charge in [-0.2, -0.15) is 0 Å². The second-order valence-electron chi connectivity index (χ2n) is 4.51. The second kappa shape index (κ2) is 6.82. The highest BCUT2D eigenvalue weighted by molar-refractivity contribution is 7.99. The van der Waals surface area contributed by atoms with Crippen molar-refractivity contribution in [1.82, 2.24) is 14.9 Å². The molecule has 6 nitrogen and oxygen atoms in total. The number of benzene rings is 1. The quantitative estimate of drug-likeness (QED) is 0.516. The van der Waals surface area contributed by atoms with Gasteiger partial charge in [0, 0.05) is 10.6 Å².